The summed E-state index contributed by atoms with van der Waals surface area (Å²) in [5.74, 6) is -0.373. The van der Waals surface area contributed by atoms with Gasteiger partial charge in [0.1, 0.15) is 0 Å². The third-order valence-electron chi connectivity index (χ3n) is 3.83. The van der Waals surface area contributed by atoms with E-state index in [0.717, 1.165) is 12.2 Å². The topological polar surface area (TPSA) is 55.6 Å². The van der Waals surface area contributed by atoms with Crippen LogP contribution in [0, 0.1) is 0 Å². The molecule has 0 aromatic heterocycles. The van der Waals surface area contributed by atoms with E-state index in [9.17, 15) is 4.79 Å². The number of methoxy groups -OCH3 is 1. The van der Waals surface area contributed by atoms with Crippen LogP contribution in [-0.4, -0.2) is 25.7 Å². The second-order valence-electron chi connectivity index (χ2n) is 5.15. The predicted octanol–water partition coefficient (Wildman–Crippen LogP) is 2.82. The van der Waals surface area contributed by atoms with Crippen molar-refractivity contribution in [2.75, 3.05) is 24.3 Å². The molecule has 1 atom stereocenters. The molecule has 1 saturated heterocycles. The SMILES string of the molecule is COC(=O)c1cc(N2CCCCCC2C)ccc1N. The smallest absolute Gasteiger partial charge is 0.340 e. The molecule has 1 aromatic carbocycles. The standard InChI is InChI=1S/C15H22N2O2/c1-11-6-4-3-5-9-17(11)12-7-8-14(16)13(10-12)15(18)19-2/h7-8,10-11H,3-6,9,16H2,1-2H3. The number of carbonyl (C=O) groups is 1. The van der Waals surface area contributed by atoms with Crippen molar-refractivity contribution in [2.45, 2.75) is 38.6 Å². The van der Waals surface area contributed by atoms with Crippen LogP contribution in [-0.2, 0) is 4.74 Å². The predicted molar refractivity (Wildman–Crippen MR) is 77.5 cm³/mol. The van der Waals surface area contributed by atoms with E-state index < -0.39 is 0 Å². The number of esters is 1. The Balaban J connectivity index is 2.31. The van der Waals surface area contributed by atoms with E-state index in [4.69, 9.17) is 10.5 Å². The van der Waals surface area contributed by atoms with Crippen LogP contribution in [0.25, 0.3) is 0 Å². The summed E-state index contributed by atoms with van der Waals surface area (Å²) < 4.78 is 4.77. The fourth-order valence-corrected chi connectivity index (χ4v) is 2.67. The highest BCUT2D eigenvalue weighted by atomic mass is 16.5. The van der Waals surface area contributed by atoms with Gasteiger partial charge in [-0.25, -0.2) is 4.79 Å². The maximum absolute atomic E-state index is 11.7. The zero-order chi connectivity index (χ0) is 13.8. The molecular weight excluding hydrogens is 240 g/mol. The lowest BCUT2D eigenvalue weighted by Gasteiger charge is -2.30. The van der Waals surface area contributed by atoms with E-state index in [1.807, 2.05) is 12.1 Å². The highest BCUT2D eigenvalue weighted by molar-refractivity contribution is 5.96. The van der Waals surface area contributed by atoms with Gasteiger partial charge >= 0.3 is 5.97 Å². The lowest BCUT2D eigenvalue weighted by Crippen LogP contribution is -2.32. The van der Waals surface area contributed by atoms with E-state index in [1.165, 1.54) is 32.8 Å². The van der Waals surface area contributed by atoms with Crippen molar-refractivity contribution in [1.29, 1.82) is 0 Å². The molecule has 1 unspecified atom stereocenters. The first-order valence-corrected chi connectivity index (χ1v) is 6.88. The average molecular weight is 262 g/mol. The van der Waals surface area contributed by atoms with Gasteiger partial charge in [-0.15, -0.1) is 0 Å². The van der Waals surface area contributed by atoms with Crippen LogP contribution in [0.5, 0.6) is 0 Å². The number of benzene rings is 1. The molecule has 1 aliphatic heterocycles. The molecule has 0 aliphatic carbocycles. The number of rotatable bonds is 2. The molecule has 0 amide bonds. The van der Waals surface area contributed by atoms with Crippen molar-refractivity contribution in [3.05, 3.63) is 23.8 Å². The summed E-state index contributed by atoms with van der Waals surface area (Å²) in [4.78, 5) is 14.1. The van der Waals surface area contributed by atoms with Crippen LogP contribution in [0.15, 0.2) is 18.2 Å². The summed E-state index contributed by atoms with van der Waals surface area (Å²) in [5, 5.41) is 0. The third kappa shape index (κ3) is 3.00. The van der Waals surface area contributed by atoms with Gasteiger partial charge in [-0.05, 0) is 38.0 Å². The quantitative estimate of drug-likeness (QED) is 0.657. The number of carbonyl (C=O) groups excluding carboxylic acids is 1. The van der Waals surface area contributed by atoms with Crippen molar-refractivity contribution in [2.24, 2.45) is 0 Å². The largest absolute Gasteiger partial charge is 0.465 e. The van der Waals surface area contributed by atoms with Gasteiger partial charge < -0.3 is 15.4 Å². The van der Waals surface area contributed by atoms with Gasteiger partial charge in [0.2, 0.25) is 0 Å². The lowest BCUT2D eigenvalue weighted by molar-refractivity contribution is 0.0602. The zero-order valence-electron chi connectivity index (χ0n) is 11.7. The van der Waals surface area contributed by atoms with Crippen molar-refractivity contribution < 1.29 is 9.53 Å². The minimum absolute atomic E-state index is 0.373. The Morgan fingerprint density at radius 3 is 2.89 bits per heavy atom. The Kier molecular flexibility index (Phi) is 4.30. The van der Waals surface area contributed by atoms with E-state index in [1.54, 1.807) is 6.07 Å². The van der Waals surface area contributed by atoms with Crippen molar-refractivity contribution in [3.8, 4) is 0 Å². The van der Waals surface area contributed by atoms with Gasteiger partial charge in [-0.2, -0.15) is 0 Å². The molecule has 104 valence electrons. The Morgan fingerprint density at radius 2 is 2.16 bits per heavy atom. The second-order valence-corrected chi connectivity index (χ2v) is 5.15. The first-order valence-electron chi connectivity index (χ1n) is 6.88. The molecule has 4 nitrogen and oxygen atoms in total. The van der Waals surface area contributed by atoms with Gasteiger partial charge in [0, 0.05) is 24.0 Å². The second kappa shape index (κ2) is 5.95. The lowest BCUT2D eigenvalue weighted by atomic mass is 10.1. The molecule has 2 rings (SSSR count). The van der Waals surface area contributed by atoms with Gasteiger partial charge in [0.25, 0.3) is 0 Å². The molecule has 2 N–H and O–H groups in total. The van der Waals surface area contributed by atoms with Gasteiger partial charge in [-0.3, -0.25) is 0 Å². The number of hydrogen-bond acceptors (Lipinski definition) is 4. The van der Waals surface area contributed by atoms with E-state index in [0.29, 0.717) is 17.3 Å². The van der Waals surface area contributed by atoms with Crippen LogP contribution in [0.2, 0.25) is 0 Å². The van der Waals surface area contributed by atoms with Gasteiger partial charge in [-0.1, -0.05) is 12.8 Å². The number of nitrogens with zero attached hydrogens (tertiary/aromatic N) is 1. The van der Waals surface area contributed by atoms with Crippen LogP contribution in [0.4, 0.5) is 11.4 Å². The monoisotopic (exact) mass is 262 g/mol. The van der Waals surface area contributed by atoms with E-state index in [2.05, 4.69) is 11.8 Å². The number of nitrogens with two attached hydrogens (primary N) is 1. The van der Waals surface area contributed by atoms with Crippen molar-refractivity contribution in [3.63, 3.8) is 0 Å². The van der Waals surface area contributed by atoms with Crippen LogP contribution >= 0.6 is 0 Å². The number of nitrogen functional groups attached to an aromatic ring is 1. The third-order valence-corrected chi connectivity index (χ3v) is 3.83. The Labute approximate surface area is 114 Å². The molecule has 1 aromatic rings. The summed E-state index contributed by atoms with van der Waals surface area (Å²) in [6, 6.07) is 6.13. The minimum atomic E-state index is -0.373. The first kappa shape index (κ1) is 13.7. The molecule has 0 bridgehead atoms. The molecule has 1 aliphatic rings. The number of hydrogen-bond donors (Lipinski definition) is 1. The molecular formula is C15H22N2O2. The van der Waals surface area contributed by atoms with E-state index >= 15 is 0 Å². The Bertz CT molecular complexity index is 459. The van der Waals surface area contributed by atoms with Crippen LogP contribution in [0.3, 0.4) is 0 Å². The molecule has 1 fully saturated rings. The number of ether oxygens (including phenoxy) is 1. The van der Waals surface area contributed by atoms with Crippen LogP contribution < -0.4 is 10.6 Å². The summed E-state index contributed by atoms with van der Waals surface area (Å²) in [7, 11) is 1.38. The maximum Gasteiger partial charge on any atom is 0.340 e. The van der Waals surface area contributed by atoms with Crippen LogP contribution in [0.1, 0.15) is 43.0 Å². The zero-order valence-corrected chi connectivity index (χ0v) is 11.7. The highest BCUT2D eigenvalue weighted by Crippen LogP contribution is 2.27. The fourth-order valence-electron chi connectivity index (χ4n) is 2.67. The minimum Gasteiger partial charge on any atom is -0.465 e. The molecule has 1 heterocycles. The average Bonchev–Trinajstić information content (AvgIpc) is 2.63. The normalized spacial score (nSPS) is 19.9. The number of anilines is 2. The van der Waals surface area contributed by atoms with Gasteiger partial charge in [0.15, 0.2) is 0 Å². The summed E-state index contributed by atoms with van der Waals surface area (Å²) in [5.41, 5.74) is 7.83. The molecule has 0 radical (unpaired) electrons. The summed E-state index contributed by atoms with van der Waals surface area (Å²) in [6.45, 7) is 3.27. The molecule has 0 spiro atoms. The van der Waals surface area contributed by atoms with Crippen molar-refractivity contribution in [1.82, 2.24) is 0 Å². The molecule has 19 heavy (non-hydrogen) atoms. The summed E-state index contributed by atoms with van der Waals surface area (Å²) in [6.07, 6.45) is 4.94. The summed E-state index contributed by atoms with van der Waals surface area (Å²) >= 11 is 0. The van der Waals surface area contributed by atoms with Gasteiger partial charge in [0.05, 0.1) is 12.7 Å². The first-order chi connectivity index (χ1) is 9.13. The Morgan fingerprint density at radius 1 is 1.37 bits per heavy atom. The van der Waals surface area contributed by atoms with E-state index in [-0.39, 0.29) is 5.97 Å². The highest BCUT2D eigenvalue weighted by Gasteiger charge is 2.19. The van der Waals surface area contributed by atoms with Crippen molar-refractivity contribution >= 4 is 17.3 Å². The maximum atomic E-state index is 11.7. The fraction of sp³-hybridized carbons (Fsp3) is 0.533. The molecule has 0 saturated carbocycles. The molecule has 4 heteroatoms. The Hall–Kier alpha value is -1.71.